The van der Waals surface area contributed by atoms with E-state index in [9.17, 15) is 0 Å². The number of hydrogen-bond donors (Lipinski definition) is 0. The van der Waals surface area contributed by atoms with Crippen LogP contribution in [-0.4, -0.2) is 29.9 Å². The summed E-state index contributed by atoms with van der Waals surface area (Å²) >= 11 is 0. The Morgan fingerprint density at radius 3 is 1.89 bits per heavy atom. The Hall–Kier alpha value is -3.02. The molecule has 5 heteroatoms. The number of rotatable bonds is 6. The fourth-order valence-corrected chi connectivity index (χ4v) is 3.54. The van der Waals surface area contributed by atoms with E-state index in [1.807, 2.05) is 107 Å². The highest BCUT2D eigenvalue weighted by atomic mass is 16.7. The van der Waals surface area contributed by atoms with Crippen LogP contribution in [0.15, 0.2) is 95.0 Å². The maximum absolute atomic E-state index is 6.18. The topological polar surface area (TPSA) is 43.2 Å². The van der Waals surface area contributed by atoms with E-state index in [0.717, 1.165) is 27.9 Å². The lowest BCUT2D eigenvalue weighted by molar-refractivity contribution is 0.00578. The molecule has 36 heavy (non-hydrogen) atoms. The van der Waals surface area contributed by atoms with Crippen LogP contribution in [-0.2, 0) is 9.31 Å². The molecule has 0 amide bonds. The molecule has 3 rings (SSSR count). The Bertz CT molecular complexity index is 1120. The van der Waals surface area contributed by atoms with Crippen LogP contribution in [0.5, 0.6) is 0 Å². The Morgan fingerprint density at radius 1 is 0.833 bits per heavy atom. The molecule has 0 spiro atoms. The quantitative estimate of drug-likeness (QED) is 0.185. The van der Waals surface area contributed by atoms with Crippen LogP contribution < -0.4 is 5.46 Å². The van der Waals surface area contributed by atoms with Crippen molar-refractivity contribution in [1.29, 1.82) is 0 Å². The third kappa shape index (κ3) is 7.02. The average Bonchev–Trinajstić information content (AvgIpc) is 3.10. The average molecular weight is 484 g/mol. The van der Waals surface area contributed by atoms with Crippen LogP contribution in [0.25, 0.3) is 5.70 Å². The smallest absolute Gasteiger partial charge is 0.399 e. The summed E-state index contributed by atoms with van der Waals surface area (Å²) in [7, 11) is -0.382. The molecule has 4 nitrogen and oxygen atoms in total. The van der Waals surface area contributed by atoms with Crippen molar-refractivity contribution in [2.75, 3.05) is 0 Å². The van der Waals surface area contributed by atoms with Crippen molar-refractivity contribution in [2.24, 2.45) is 9.98 Å². The molecule has 0 bridgehead atoms. The lowest BCUT2D eigenvalue weighted by atomic mass is 9.78. The number of aliphatic imine (C=N–C) groups is 2. The minimum Gasteiger partial charge on any atom is -0.399 e. The van der Waals surface area contributed by atoms with E-state index in [0.29, 0.717) is 11.5 Å². The molecule has 0 atom stereocenters. The Kier molecular flexibility index (Phi) is 10.4. The van der Waals surface area contributed by atoms with Crippen LogP contribution in [0.1, 0.15) is 73.4 Å². The monoisotopic (exact) mass is 484 g/mol. The zero-order chi connectivity index (χ0) is 26.9. The van der Waals surface area contributed by atoms with Crippen molar-refractivity contribution in [3.8, 4) is 0 Å². The molecule has 2 aromatic carbocycles. The molecule has 0 N–H and O–H groups in total. The molecule has 0 aliphatic carbocycles. The zero-order valence-electron chi connectivity index (χ0n) is 23.4. The van der Waals surface area contributed by atoms with Crippen molar-refractivity contribution in [3.63, 3.8) is 0 Å². The van der Waals surface area contributed by atoms with E-state index < -0.39 is 0 Å². The minimum atomic E-state index is -0.382. The molecule has 1 saturated heterocycles. The molecular formula is C31H41BN2O2. The first-order valence-corrected chi connectivity index (χ1v) is 12.7. The van der Waals surface area contributed by atoms with E-state index in [1.165, 1.54) is 0 Å². The predicted octanol–water partition coefficient (Wildman–Crippen LogP) is 7.41. The van der Waals surface area contributed by atoms with Gasteiger partial charge in [-0.3, -0.25) is 0 Å². The molecule has 1 aliphatic rings. The van der Waals surface area contributed by atoms with Gasteiger partial charge in [0.2, 0.25) is 0 Å². The summed E-state index contributed by atoms with van der Waals surface area (Å²) in [4.78, 5) is 9.69. The molecule has 2 aromatic rings. The van der Waals surface area contributed by atoms with E-state index in [1.54, 1.807) is 0 Å². The summed E-state index contributed by atoms with van der Waals surface area (Å²) in [6.07, 6.45) is 6.00. The Morgan fingerprint density at radius 2 is 1.39 bits per heavy atom. The van der Waals surface area contributed by atoms with E-state index in [-0.39, 0.29) is 18.3 Å². The molecule has 1 fully saturated rings. The first-order valence-electron chi connectivity index (χ1n) is 12.7. The molecule has 1 heterocycles. The summed E-state index contributed by atoms with van der Waals surface area (Å²) in [5.74, 6) is 0.627. The van der Waals surface area contributed by atoms with Crippen molar-refractivity contribution in [2.45, 2.75) is 73.5 Å². The van der Waals surface area contributed by atoms with Gasteiger partial charge in [0.15, 0.2) is 5.84 Å². The van der Waals surface area contributed by atoms with Crippen LogP contribution in [0, 0.1) is 0 Å². The van der Waals surface area contributed by atoms with Gasteiger partial charge in [0.05, 0.1) is 16.9 Å². The molecule has 0 aromatic heterocycles. The van der Waals surface area contributed by atoms with Gasteiger partial charge >= 0.3 is 7.12 Å². The summed E-state index contributed by atoms with van der Waals surface area (Å²) in [6, 6.07) is 18.1. The zero-order valence-corrected chi connectivity index (χ0v) is 23.4. The Balaban J connectivity index is 0.00000222. The standard InChI is InChI=1S/C29H35BN2O2.C2H6/c1-9-14-23(10-2)27(31-21(3)24-15-12-11-13-16-24)32-22(4)25-17-19-26(20-18-25)30-33-28(5,6)29(7,8)34-30;1-2/h9-20H,3H2,1-2,4-8H3;1-2H3/b14-9-,23-10+,31-27?,32-22?;. The molecule has 0 radical (unpaired) electrons. The second-order valence-corrected chi connectivity index (χ2v) is 9.40. The lowest BCUT2D eigenvalue weighted by Crippen LogP contribution is -2.41. The second-order valence-electron chi connectivity index (χ2n) is 9.40. The number of benzene rings is 2. The van der Waals surface area contributed by atoms with Gasteiger partial charge in [0.1, 0.15) is 0 Å². The summed E-state index contributed by atoms with van der Waals surface area (Å²) in [5.41, 5.74) is 4.71. The van der Waals surface area contributed by atoms with Gasteiger partial charge in [-0.15, -0.1) is 0 Å². The van der Waals surface area contributed by atoms with Crippen LogP contribution in [0.2, 0.25) is 0 Å². The van der Waals surface area contributed by atoms with E-state index >= 15 is 0 Å². The maximum Gasteiger partial charge on any atom is 0.494 e. The SMILES string of the molecule is C=C(N=C(N=C(C)c1ccc(B2OC(C)(C)C(C)(C)O2)cc1)C(/C=C\C)=C/C)c1ccccc1.CC. The number of allylic oxidation sites excluding steroid dienone is 2. The van der Waals surface area contributed by atoms with Gasteiger partial charge in [0, 0.05) is 11.3 Å². The summed E-state index contributed by atoms with van der Waals surface area (Å²) in [5, 5.41) is 0. The van der Waals surface area contributed by atoms with Gasteiger partial charge in [-0.1, -0.05) is 93.3 Å². The van der Waals surface area contributed by atoms with Crippen LogP contribution in [0.3, 0.4) is 0 Å². The van der Waals surface area contributed by atoms with Crippen molar-refractivity contribution in [1.82, 2.24) is 0 Å². The van der Waals surface area contributed by atoms with Gasteiger partial charge in [-0.2, -0.15) is 0 Å². The molecular weight excluding hydrogens is 443 g/mol. The summed E-state index contributed by atoms with van der Waals surface area (Å²) < 4.78 is 12.4. The number of amidine groups is 1. The highest BCUT2D eigenvalue weighted by Crippen LogP contribution is 2.36. The largest absolute Gasteiger partial charge is 0.494 e. The number of hydrogen-bond acceptors (Lipinski definition) is 3. The highest BCUT2D eigenvalue weighted by Gasteiger charge is 2.51. The van der Waals surface area contributed by atoms with Gasteiger partial charge in [0.25, 0.3) is 0 Å². The van der Waals surface area contributed by atoms with Gasteiger partial charge < -0.3 is 9.31 Å². The predicted molar refractivity (Wildman–Crippen MR) is 157 cm³/mol. The fraction of sp³-hybridized carbons (Fsp3) is 0.355. The highest BCUT2D eigenvalue weighted by molar-refractivity contribution is 6.62. The van der Waals surface area contributed by atoms with Gasteiger partial charge in [-0.05, 0) is 65.1 Å². The minimum absolute atomic E-state index is 0.365. The lowest BCUT2D eigenvalue weighted by Gasteiger charge is -2.32. The van der Waals surface area contributed by atoms with Crippen LogP contribution >= 0.6 is 0 Å². The Labute approximate surface area is 218 Å². The molecule has 1 aliphatic heterocycles. The van der Waals surface area contributed by atoms with Crippen molar-refractivity contribution >= 4 is 29.8 Å². The van der Waals surface area contributed by atoms with Gasteiger partial charge in [-0.25, -0.2) is 9.98 Å². The third-order valence-electron chi connectivity index (χ3n) is 6.39. The molecule has 190 valence electrons. The fourth-order valence-electron chi connectivity index (χ4n) is 3.54. The van der Waals surface area contributed by atoms with Crippen molar-refractivity contribution < 1.29 is 9.31 Å². The molecule has 0 unspecified atom stereocenters. The first-order chi connectivity index (χ1) is 17.1. The van der Waals surface area contributed by atoms with E-state index in [4.69, 9.17) is 19.3 Å². The number of nitrogens with zero attached hydrogens (tertiary/aromatic N) is 2. The summed E-state index contributed by atoms with van der Waals surface area (Å²) in [6.45, 7) is 22.4. The van der Waals surface area contributed by atoms with Crippen molar-refractivity contribution in [3.05, 3.63) is 96.1 Å². The normalized spacial score (nSPS) is 17.7. The molecule has 0 saturated carbocycles. The maximum atomic E-state index is 6.18. The van der Waals surface area contributed by atoms with Crippen LogP contribution in [0.4, 0.5) is 0 Å². The van der Waals surface area contributed by atoms with E-state index in [2.05, 4.69) is 34.3 Å². The first kappa shape index (κ1) is 29.2. The second kappa shape index (κ2) is 12.8. The third-order valence-corrected chi connectivity index (χ3v) is 6.39.